The van der Waals surface area contributed by atoms with Crippen LogP contribution < -0.4 is 5.32 Å². The maximum absolute atomic E-state index is 13.4. The summed E-state index contributed by atoms with van der Waals surface area (Å²) in [6, 6.07) is 0.696. The number of nitrogens with zero attached hydrogens (tertiary/aromatic N) is 1. The maximum Gasteiger partial charge on any atom is 0.254 e. The normalized spacial score (nSPS) is 19.0. The van der Waals surface area contributed by atoms with Gasteiger partial charge >= 0.3 is 0 Å². The van der Waals surface area contributed by atoms with E-state index in [2.05, 4.69) is 10.2 Å². The Morgan fingerprint density at radius 1 is 1.29 bits per heavy atom. The Kier molecular flexibility index (Phi) is 4.82. The fraction of sp³-hybridized carbons (Fsp3) is 0.500. The van der Waals surface area contributed by atoms with Crippen LogP contribution in [0.5, 0.6) is 0 Å². The van der Waals surface area contributed by atoms with Crippen molar-refractivity contribution in [2.75, 3.05) is 20.1 Å². The van der Waals surface area contributed by atoms with E-state index in [4.69, 9.17) is 0 Å². The van der Waals surface area contributed by atoms with Crippen LogP contribution in [-0.2, 0) is 0 Å². The minimum atomic E-state index is -1.98. The average Bonchev–Trinajstić information content (AvgIpc) is 2.86. The monoisotopic (exact) mass is 304 g/mol. The lowest BCUT2D eigenvalue weighted by atomic mass is 10.1. The van der Waals surface area contributed by atoms with E-state index in [1.807, 2.05) is 7.05 Å². The van der Waals surface area contributed by atoms with Crippen molar-refractivity contribution in [3.63, 3.8) is 0 Å². The van der Waals surface area contributed by atoms with Crippen LogP contribution in [0.25, 0.3) is 0 Å². The predicted molar refractivity (Wildman–Crippen MR) is 68.9 cm³/mol. The summed E-state index contributed by atoms with van der Waals surface area (Å²) >= 11 is 0. The molecule has 3 nitrogen and oxygen atoms in total. The minimum absolute atomic E-state index is 0.258. The highest BCUT2D eigenvalue weighted by molar-refractivity contribution is 5.94. The van der Waals surface area contributed by atoms with E-state index in [0.29, 0.717) is 18.5 Å². The first kappa shape index (κ1) is 15.8. The third-order valence-corrected chi connectivity index (χ3v) is 3.78. The average molecular weight is 304 g/mol. The lowest BCUT2D eigenvalue weighted by Crippen LogP contribution is -2.32. The molecule has 1 aromatic carbocycles. The number of benzene rings is 1. The van der Waals surface area contributed by atoms with Gasteiger partial charge in [-0.3, -0.25) is 4.79 Å². The molecule has 1 aliphatic rings. The molecule has 1 aliphatic heterocycles. The summed E-state index contributed by atoms with van der Waals surface area (Å²) in [6.07, 6.45) is 2.76. The summed E-state index contributed by atoms with van der Waals surface area (Å²) in [4.78, 5) is 13.9. The number of rotatable bonds is 4. The molecule has 1 unspecified atom stereocenters. The number of carbonyl (C=O) groups is 1. The summed E-state index contributed by atoms with van der Waals surface area (Å²) in [5, 5.41) is 2.40. The largest absolute Gasteiger partial charge is 0.352 e. The molecule has 21 heavy (non-hydrogen) atoms. The Hall–Kier alpha value is -1.63. The zero-order chi connectivity index (χ0) is 15.6. The topological polar surface area (TPSA) is 32.3 Å². The van der Waals surface area contributed by atoms with Crippen molar-refractivity contribution in [1.82, 2.24) is 10.2 Å². The molecule has 1 atom stereocenters. The molecule has 1 fully saturated rings. The fourth-order valence-electron chi connectivity index (χ4n) is 2.53. The maximum atomic E-state index is 13.4. The van der Waals surface area contributed by atoms with Crippen LogP contribution in [-0.4, -0.2) is 37.0 Å². The van der Waals surface area contributed by atoms with Crippen LogP contribution in [0.4, 0.5) is 17.6 Å². The van der Waals surface area contributed by atoms with E-state index >= 15 is 0 Å². The quantitative estimate of drug-likeness (QED) is 0.526. The standard InChI is InChI=1S/C14H16F4N2O/c1-20-6-2-3-8(20)4-5-19-14(21)9-7-10(15)12(17)13(18)11(9)16/h7-8H,2-6H2,1H3,(H,19,21). The molecule has 1 N–H and O–H groups in total. The van der Waals surface area contributed by atoms with Gasteiger partial charge in [0.1, 0.15) is 0 Å². The summed E-state index contributed by atoms with van der Waals surface area (Å²) in [5.74, 6) is -8.11. The third kappa shape index (κ3) is 3.34. The third-order valence-electron chi connectivity index (χ3n) is 3.78. The molecule has 1 amide bonds. The first-order valence-corrected chi connectivity index (χ1v) is 6.73. The number of carbonyl (C=O) groups excluding carboxylic acids is 1. The lowest BCUT2D eigenvalue weighted by molar-refractivity contribution is 0.0944. The Balaban J connectivity index is 1.97. The van der Waals surface area contributed by atoms with Crippen LogP contribution >= 0.6 is 0 Å². The van der Waals surface area contributed by atoms with Crippen molar-refractivity contribution in [2.24, 2.45) is 0 Å². The SMILES string of the molecule is CN1CCCC1CCNC(=O)c1cc(F)c(F)c(F)c1F. The molecule has 2 rings (SSSR count). The molecule has 0 aliphatic carbocycles. The molecule has 0 saturated carbocycles. The second-order valence-electron chi connectivity index (χ2n) is 5.17. The number of hydrogen-bond donors (Lipinski definition) is 1. The van der Waals surface area contributed by atoms with E-state index in [-0.39, 0.29) is 6.54 Å². The van der Waals surface area contributed by atoms with Gasteiger partial charge in [0, 0.05) is 12.6 Å². The van der Waals surface area contributed by atoms with E-state index < -0.39 is 34.7 Å². The lowest BCUT2D eigenvalue weighted by Gasteiger charge is -2.19. The van der Waals surface area contributed by atoms with Gasteiger partial charge in [0.25, 0.3) is 5.91 Å². The van der Waals surface area contributed by atoms with Gasteiger partial charge in [0.2, 0.25) is 0 Å². The van der Waals surface area contributed by atoms with Crippen molar-refractivity contribution < 1.29 is 22.4 Å². The molecule has 0 spiro atoms. The highest BCUT2D eigenvalue weighted by Crippen LogP contribution is 2.19. The minimum Gasteiger partial charge on any atom is -0.352 e. The van der Waals surface area contributed by atoms with Crippen molar-refractivity contribution in [3.8, 4) is 0 Å². The number of likely N-dealkylation sites (tertiary alicyclic amines) is 1. The summed E-state index contributed by atoms with van der Waals surface area (Å²) < 4.78 is 52.3. The van der Waals surface area contributed by atoms with Crippen molar-refractivity contribution in [3.05, 3.63) is 34.9 Å². The summed E-state index contributed by atoms with van der Waals surface area (Å²) in [5.41, 5.74) is -0.828. The molecule has 116 valence electrons. The van der Waals surface area contributed by atoms with E-state index in [0.717, 1.165) is 19.4 Å². The Morgan fingerprint density at radius 3 is 2.62 bits per heavy atom. The molecule has 1 aromatic rings. The molecule has 0 radical (unpaired) electrons. The van der Waals surface area contributed by atoms with Gasteiger partial charge in [-0.15, -0.1) is 0 Å². The van der Waals surface area contributed by atoms with Crippen molar-refractivity contribution >= 4 is 5.91 Å². The zero-order valence-electron chi connectivity index (χ0n) is 11.6. The predicted octanol–water partition coefficient (Wildman–Crippen LogP) is 2.46. The molecule has 1 heterocycles. The van der Waals surface area contributed by atoms with Gasteiger partial charge in [0.15, 0.2) is 23.3 Å². The van der Waals surface area contributed by atoms with Gasteiger partial charge in [-0.1, -0.05) is 0 Å². The Labute approximate surface area is 119 Å². The highest BCUT2D eigenvalue weighted by Gasteiger charge is 2.24. The number of hydrogen-bond acceptors (Lipinski definition) is 2. The first-order valence-electron chi connectivity index (χ1n) is 6.73. The zero-order valence-corrected chi connectivity index (χ0v) is 11.6. The van der Waals surface area contributed by atoms with Crippen molar-refractivity contribution in [2.45, 2.75) is 25.3 Å². The van der Waals surface area contributed by atoms with Gasteiger partial charge < -0.3 is 10.2 Å². The summed E-state index contributed by atoms with van der Waals surface area (Å²) in [7, 11) is 1.98. The van der Waals surface area contributed by atoms with Crippen LogP contribution in [0.15, 0.2) is 6.07 Å². The number of amides is 1. The van der Waals surface area contributed by atoms with Crippen LogP contribution in [0, 0.1) is 23.3 Å². The summed E-state index contributed by atoms with van der Waals surface area (Å²) in [6.45, 7) is 1.25. The fourth-order valence-corrected chi connectivity index (χ4v) is 2.53. The van der Waals surface area contributed by atoms with E-state index in [9.17, 15) is 22.4 Å². The molecule has 1 saturated heterocycles. The molecule has 0 aromatic heterocycles. The van der Waals surface area contributed by atoms with Gasteiger partial charge in [-0.2, -0.15) is 0 Å². The molecule has 0 bridgehead atoms. The molecule has 7 heteroatoms. The Morgan fingerprint density at radius 2 is 2.00 bits per heavy atom. The molecular formula is C14H16F4N2O. The van der Waals surface area contributed by atoms with E-state index in [1.54, 1.807) is 0 Å². The second kappa shape index (κ2) is 6.43. The number of halogens is 4. The van der Waals surface area contributed by atoms with Crippen LogP contribution in [0.2, 0.25) is 0 Å². The smallest absolute Gasteiger partial charge is 0.254 e. The number of nitrogens with one attached hydrogen (secondary N) is 1. The first-order chi connectivity index (χ1) is 9.91. The van der Waals surface area contributed by atoms with Crippen LogP contribution in [0.3, 0.4) is 0 Å². The van der Waals surface area contributed by atoms with Gasteiger partial charge in [-0.25, -0.2) is 17.6 Å². The van der Waals surface area contributed by atoms with E-state index in [1.165, 1.54) is 0 Å². The second-order valence-corrected chi connectivity index (χ2v) is 5.17. The van der Waals surface area contributed by atoms with Crippen LogP contribution in [0.1, 0.15) is 29.6 Å². The van der Waals surface area contributed by atoms with Crippen molar-refractivity contribution in [1.29, 1.82) is 0 Å². The van der Waals surface area contributed by atoms with Gasteiger partial charge in [-0.05, 0) is 38.9 Å². The highest BCUT2D eigenvalue weighted by atomic mass is 19.2. The molecular weight excluding hydrogens is 288 g/mol. The Bertz CT molecular complexity index is 550. The van der Waals surface area contributed by atoms with Gasteiger partial charge in [0.05, 0.1) is 5.56 Å².